The third-order valence-corrected chi connectivity index (χ3v) is 6.16. The van der Waals surface area contributed by atoms with Crippen LogP contribution in [0.5, 0.6) is 0 Å². The zero-order chi connectivity index (χ0) is 22.6. The minimum atomic E-state index is -0.617. The van der Waals surface area contributed by atoms with E-state index in [0.717, 1.165) is 37.8 Å². The molecule has 0 atom stereocenters. The molecule has 3 aromatic rings. The minimum Gasteiger partial charge on any atom is -0.462 e. The van der Waals surface area contributed by atoms with Crippen molar-refractivity contribution in [2.24, 2.45) is 0 Å². The lowest BCUT2D eigenvalue weighted by Gasteiger charge is -2.43. The number of carbonyl (C=O) groups is 2. The monoisotopic (exact) mass is 433 g/mol. The van der Waals surface area contributed by atoms with Crippen molar-refractivity contribution in [2.45, 2.75) is 44.6 Å². The van der Waals surface area contributed by atoms with Crippen LogP contribution in [0.4, 0.5) is 0 Å². The van der Waals surface area contributed by atoms with Gasteiger partial charge in [-0.2, -0.15) is 4.68 Å². The van der Waals surface area contributed by atoms with E-state index in [1.54, 1.807) is 40.8 Å². The number of tetrazole rings is 1. The number of benzene rings is 2. The fraction of sp³-hybridized carbons (Fsp3) is 0.375. The van der Waals surface area contributed by atoms with E-state index < -0.39 is 5.54 Å². The van der Waals surface area contributed by atoms with Gasteiger partial charge in [-0.15, -0.1) is 5.10 Å². The molecule has 0 unspecified atom stereocenters. The summed E-state index contributed by atoms with van der Waals surface area (Å²) in [7, 11) is 1.84. The summed E-state index contributed by atoms with van der Waals surface area (Å²) in [5, 5.41) is 12.6. The molecule has 166 valence electrons. The molecule has 0 aliphatic heterocycles. The molecule has 1 aliphatic rings. The first kappa shape index (κ1) is 21.7. The zero-order valence-electron chi connectivity index (χ0n) is 18.4. The Hall–Kier alpha value is -3.55. The summed E-state index contributed by atoms with van der Waals surface area (Å²) in [5.74, 6) is 0.209. The van der Waals surface area contributed by atoms with Crippen LogP contribution < -0.4 is 0 Å². The van der Waals surface area contributed by atoms with E-state index in [4.69, 9.17) is 4.74 Å². The highest BCUT2D eigenvalue weighted by molar-refractivity contribution is 5.94. The number of aromatic nitrogens is 4. The van der Waals surface area contributed by atoms with Gasteiger partial charge in [-0.3, -0.25) is 4.79 Å². The van der Waals surface area contributed by atoms with Crippen LogP contribution in [0, 0.1) is 0 Å². The molecule has 1 heterocycles. The minimum absolute atomic E-state index is 0.0558. The molecule has 0 spiro atoms. The maximum absolute atomic E-state index is 13.4. The predicted molar refractivity (Wildman–Crippen MR) is 118 cm³/mol. The third kappa shape index (κ3) is 4.00. The quantitative estimate of drug-likeness (QED) is 0.550. The highest BCUT2D eigenvalue weighted by atomic mass is 16.5. The fourth-order valence-electron chi connectivity index (χ4n) is 4.42. The summed E-state index contributed by atoms with van der Waals surface area (Å²) >= 11 is 0. The number of carbonyl (C=O) groups excluding carboxylic acids is 2. The van der Waals surface area contributed by atoms with Crippen molar-refractivity contribution in [2.75, 3.05) is 13.7 Å². The molecule has 1 saturated carbocycles. The maximum Gasteiger partial charge on any atom is 0.338 e. The van der Waals surface area contributed by atoms with Gasteiger partial charge in [-0.1, -0.05) is 37.5 Å². The van der Waals surface area contributed by atoms with Gasteiger partial charge in [0.25, 0.3) is 5.91 Å². The van der Waals surface area contributed by atoms with Crippen molar-refractivity contribution in [3.05, 3.63) is 71.5 Å². The number of esters is 1. The van der Waals surface area contributed by atoms with Crippen LogP contribution in [-0.2, 0) is 10.3 Å². The molecule has 2 aromatic carbocycles. The van der Waals surface area contributed by atoms with E-state index in [1.165, 1.54) is 0 Å². The molecule has 1 aromatic heterocycles. The van der Waals surface area contributed by atoms with Crippen molar-refractivity contribution < 1.29 is 14.3 Å². The second-order valence-electron chi connectivity index (χ2n) is 8.00. The van der Waals surface area contributed by atoms with E-state index in [0.29, 0.717) is 23.6 Å². The Morgan fingerprint density at radius 1 is 1.00 bits per heavy atom. The van der Waals surface area contributed by atoms with Gasteiger partial charge in [0.2, 0.25) is 0 Å². The second kappa shape index (κ2) is 9.30. The SMILES string of the molecule is CCOC(=O)c1ccc(-n2nnnc2C2(N(C)C(=O)c3ccccc3)CCCCC2)cc1. The summed E-state index contributed by atoms with van der Waals surface area (Å²) in [6.45, 7) is 2.10. The molecule has 8 nitrogen and oxygen atoms in total. The lowest BCUT2D eigenvalue weighted by molar-refractivity contribution is 0.0385. The van der Waals surface area contributed by atoms with Gasteiger partial charge < -0.3 is 9.64 Å². The summed E-state index contributed by atoms with van der Waals surface area (Å²) in [4.78, 5) is 27.2. The van der Waals surface area contributed by atoms with Crippen LogP contribution in [0.15, 0.2) is 54.6 Å². The van der Waals surface area contributed by atoms with E-state index in [1.807, 2.05) is 37.4 Å². The summed E-state index contributed by atoms with van der Waals surface area (Å²) in [5.41, 5.74) is 1.21. The fourth-order valence-corrected chi connectivity index (χ4v) is 4.42. The van der Waals surface area contributed by atoms with Gasteiger partial charge in [-0.05, 0) is 66.6 Å². The molecule has 8 heteroatoms. The standard InChI is InChI=1S/C24H27N5O3/c1-3-32-22(31)19-12-14-20(15-13-19)29-23(25-26-27-29)24(16-8-5-9-17-24)28(2)21(30)18-10-6-4-7-11-18/h4,6-7,10-15H,3,5,8-9,16-17H2,1-2H3. The van der Waals surface area contributed by atoms with Crippen molar-refractivity contribution >= 4 is 11.9 Å². The average molecular weight is 434 g/mol. The Kier molecular flexibility index (Phi) is 6.30. The highest BCUT2D eigenvalue weighted by Gasteiger charge is 2.45. The van der Waals surface area contributed by atoms with Crippen LogP contribution in [0.3, 0.4) is 0 Å². The molecule has 1 fully saturated rings. The van der Waals surface area contributed by atoms with Gasteiger partial charge in [-0.25, -0.2) is 4.79 Å². The number of hydrogen-bond donors (Lipinski definition) is 0. The lowest BCUT2D eigenvalue weighted by atomic mass is 9.79. The summed E-state index contributed by atoms with van der Waals surface area (Å²) in [6, 6.07) is 16.3. The number of rotatable bonds is 6. The lowest BCUT2D eigenvalue weighted by Crippen LogP contribution is -2.50. The van der Waals surface area contributed by atoms with Gasteiger partial charge in [0.15, 0.2) is 5.82 Å². The number of nitrogens with zero attached hydrogens (tertiary/aromatic N) is 5. The highest BCUT2D eigenvalue weighted by Crippen LogP contribution is 2.41. The smallest absolute Gasteiger partial charge is 0.338 e. The number of hydrogen-bond acceptors (Lipinski definition) is 6. The Morgan fingerprint density at radius 3 is 2.34 bits per heavy atom. The first-order valence-electron chi connectivity index (χ1n) is 11.0. The molecule has 1 amide bonds. The molecule has 0 saturated heterocycles. The predicted octanol–water partition coefficient (Wildman–Crippen LogP) is 3.77. The summed E-state index contributed by atoms with van der Waals surface area (Å²) < 4.78 is 6.74. The Labute approximate surface area is 187 Å². The van der Waals surface area contributed by atoms with Crippen LogP contribution in [0.2, 0.25) is 0 Å². The van der Waals surface area contributed by atoms with Crippen LogP contribution >= 0.6 is 0 Å². The first-order chi connectivity index (χ1) is 15.6. The second-order valence-corrected chi connectivity index (χ2v) is 8.00. The van der Waals surface area contributed by atoms with E-state index >= 15 is 0 Å². The molecule has 1 aliphatic carbocycles. The number of ether oxygens (including phenoxy) is 1. The van der Waals surface area contributed by atoms with Crippen LogP contribution in [0.1, 0.15) is 65.6 Å². The summed E-state index contributed by atoms with van der Waals surface area (Å²) in [6.07, 6.45) is 4.65. The molecular weight excluding hydrogens is 406 g/mol. The zero-order valence-corrected chi connectivity index (χ0v) is 18.4. The Morgan fingerprint density at radius 2 is 1.69 bits per heavy atom. The average Bonchev–Trinajstić information content (AvgIpc) is 3.35. The topological polar surface area (TPSA) is 90.2 Å². The Balaban J connectivity index is 1.71. The molecule has 0 bridgehead atoms. The van der Waals surface area contributed by atoms with Gasteiger partial charge in [0.1, 0.15) is 5.54 Å². The first-order valence-corrected chi connectivity index (χ1v) is 11.0. The molecular formula is C24H27N5O3. The van der Waals surface area contributed by atoms with Gasteiger partial charge in [0, 0.05) is 12.6 Å². The van der Waals surface area contributed by atoms with E-state index in [-0.39, 0.29) is 11.9 Å². The number of amides is 1. The normalized spacial score (nSPS) is 15.2. The van der Waals surface area contributed by atoms with E-state index in [2.05, 4.69) is 15.5 Å². The van der Waals surface area contributed by atoms with Crippen LogP contribution in [-0.4, -0.2) is 50.6 Å². The van der Waals surface area contributed by atoms with Gasteiger partial charge >= 0.3 is 5.97 Å². The van der Waals surface area contributed by atoms with Crippen molar-refractivity contribution in [1.29, 1.82) is 0 Å². The maximum atomic E-state index is 13.4. The molecule has 0 radical (unpaired) electrons. The van der Waals surface area contributed by atoms with Gasteiger partial charge in [0.05, 0.1) is 17.9 Å². The molecule has 4 rings (SSSR count). The Bertz CT molecular complexity index is 1070. The molecule has 0 N–H and O–H groups in total. The van der Waals surface area contributed by atoms with Crippen molar-refractivity contribution in [3.63, 3.8) is 0 Å². The van der Waals surface area contributed by atoms with Crippen molar-refractivity contribution in [3.8, 4) is 5.69 Å². The largest absolute Gasteiger partial charge is 0.462 e. The molecule has 32 heavy (non-hydrogen) atoms. The van der Waals surface area contributed by atoms with Crippen molar-refractivity contribution in [1.82, 2.24) is 25.1 Å². The van der Waals surface area contributed by atoms with E-state index in [9.17, 15) is 9.59 Å². The van der Waals surface area contributed by atoms with Crippen LogP contribution in [0.25, 0.3) is 5.69 Å². The third-order valence-electron chi connectivity index (χ3n) is 6.16.